The zero-order valence-electron chi connectivity index (χ0n) is 17.9. The quantitative estimate of drug-likeness (QED) is 0.602. The Bertz CT molecular complexity index is 1120. The molecular formula is C25H26FN3O2. The van der Waals surface area contributed by atoms with Gasteiger partial charge in [0.1, 0.15) is 5.82 Å². The number of likely N-dealkylation sites (tertiary alicyclic amines) is 1. The number of aryl methyl sites for hydroxylation is 2. The molecule has 3 aromatic rings. The van der Waals surface area contributed by atoms with Gasteiger partial charge in [0.15, 0.2) is 0 Å². The molecule has 2 fully saturated rings. The van der Waals surface area contributed by atoms with Gasteiger partial charge in [0.25, 0.3) is 0 Å². The number of piperidine rings is 1. The molecule has 1 aliphatic heterocycles. The Morgan fingerprint density at radius 3 is 2.65 bits per heavy atom. The molecule has 1 aliphatic carbocycles. The molecule has 2 aromatic carbocycles. The van der Waals surface area contributed by atoms with Gasteiger partial charge < -0.3 is 9.42 Å². The summed E-state index contributed by atoms with van der Waals surface area (Å²) < 4.78 is 19.1. The average Bonchev–Trinajstić information content (AvgIpc) is 3.42. The van der Waals surface area contributed by atoms with Gasteiger partial charge in [0.2, 0.25) is 17.6 Å². The van der Waals surface area contributed by atoms with Gasteiger partial charge >= 0.3 is 0 Å². The Morgan fingerprint density at radius 2 is 1.94 bits per heavy atom. The Morgan fingerprint density at radius 1 is 1.16 bits per heavy atom. The summed E-state index contributed by atoms with van der Waals surface area (Å²) >= 11 is 0. The summed E-state index contributed by atoms with van der Waals surface area (Å²) in [6, 6.07) is 12.6. The van der Waals surface area contributed by atoms with Gasteiger partial charge in [-0.2, -0.15) is 4.98 Å². The SMILES string of the molecule is Cc1cc(C)cc(C2(C(=O)N3CCCC(c4nc(-c5cccc(F)c5)no4)C3)CC2)c1. The molecule has 0 spiro atoms. The van der Waals surface area contributed by atoms with E-state index in [9.17, 15) is 9.18 Å². The molecule has 1 amide bonds. The third-order valence-electron chi connectivity index (χ3n) is 6.52. The van der Waals surface area contributed by atoms with Crippen LogP contribution in [0.5, 0.6) is 0 Å². The summed E-state index contributed by atoms with van der Waals surface area (Å²) in [4.78, 5) is 20.1. The Hall–Kier alpha value is -3.02. The number of hydrogen-bond acceptors (Lipinski definition) is 4. The predicted octanol–water partition coefficient (Wildman–Crippen LogP) is 4.93. The predicted molar refractivity (Wildman–Crippen MR) is 115 cm³/mol. The highest BCUT2D eigenvalue weighted by Gasteiger charge is 2.53. The van der Waals surface area contributed by atoms with Crippen LogP contribution in [0.3, 0.4) is 0 Å². The lowest BCUT2D eigenvalue weighted by atomic mass is 9.89. The lowest BCUT2D eigenvalue weighted by Crippen LogP contribution is -2.44. The molecule has 0 N–H and O–H groups in total. The maximum absolute atomic E-state index is 13.6. The van der Waals surface area contributed by atoms with Crippen LogP contribution in [-0.4, -0.2) is 34.0 Å². The molecule has 160 valence electrons. The topological polar surface area (TPSA) is 59.2 Å². The number of nitrogens with zero attached hydrogens (tertiary/aromatic N) is 3. The first-order valence-electron chi connectivity index (χ1n) is 10.9. The van der Waals surface area contributed by atoms with Crippen LogP contribution < -0.4 is 0 Å². The highest BCUT2D eigenvalue weighted by molar-refractivity contribution is 5.91. The molecule has 6 heteroatoms. The number of rotatable bonds is 4. The van der Waals surface area contributed by atoms with E-state index in [0.717, 1.165) is 37.8 Å². The Balaban J connectivity index is 1.34. The third-order valence-corrected chi connectivity index (χ3v) is 6.52. The minimum atomic E-state index is -0.375. The maximum atomic E-state index is 13.6. The minimum absolute atomic E-state index is 0.00237. The van der Waals surface area contributed by atoms with Crippen molar-refractivity contribution in [2.24, 2.45) is 0 Å². The number of benzene rings is 2. The standard InChI is InChI=1S/C25H26FN3O2/c1-16-11-17(2)13-20(12-16)25(8-9-25)24(30)29-10-4-6-19(15-29)23-27-22(28-31-23)18-5-3-7-21(26)14-18/h3,5,7,11-14,19H,4,6,8-10,15H2,1-2H3. The van der Waals surface area contributed by atoms with Crippen LogP contribution in [-0.2, 0) is 10.2 Å². The Labute approximate surface area is 181 Å². The summed E-state index contributed by atoms with van der Waals surface area (Å²) in [7, 11) is 0. The van der Waals surface area contributed by atoms with Crippen LogP contribution in [0.1, 0.15) is 54.2 Å². The highest BCUT2D eigenvalue weighted by atomic mass is 19.1. The number of carbonyl (C=O) groups excluding carboxylic acids is 1. The van der Waals surface area contributed by atoms with Crippen LogP contribution in [0.15, 0.2) is 47.0 Å². The lowest BCUT2D eigenvalue weighted by Gasteiger charge is -2.34. The molecule has 5 nitrogen and oxygen atoms in total. The van der Waals surface area contributed by atoms with Gasteiger partial charge in [0, 0.05) is 18.7 Å². The molecule has 5 rings (SSSR count). The first kappa shape index (κ1) is 19.9. The molecule has 0 radical (unpaired) electrons. The number of hydrogen-bond donors (Lipinski definition) is 0. The molecule has 1 saturated carbocycles. The van der Waals surface area contributed by atoms with Crippen molar-refractivity contribution < 1.29 is 13.7 Å². The van der Waals surface area contributed by atoms with E-state index < -0.39 is 0 Å². The molecule has 2 heterocycles. The fourth-order valence-corrected chi connectivity index (χ4v) is 4.81. The van der Waals surface area contributed by atoms with Crippen molar-refractivity contribution in [3.05, 3.63) is 70.9 Å². The lowest BCUT2D eigenvalue weighted by molar-refractivity contribution is -0.135. The molecule has 1 saturated heterocycles. The van der Waals surface area contributed by atoms with Crippen molar-refractivity contribution in [1.29, 1.82) is 0 Å². The minimum Gasteiger partial charge on any atom is -0.341 e. The third kappa shape index (κ3) is 3.75. The van der Waals surface area contributed by atoms with E-state index in [1.807, 2.05) is 4.90 Å². The maximum Gasteiger partial charge on any atom is 0.233 e. The summed E-state index contributed by atoms with van der Waals surface area (Å²) in [5.41, 5.74) is 3.75. The van der Waals surface area contributed by atoms with Crippen LogP contribution in [0.4, 0.5) is 4.39 Å². The fourth-order valence-electron chi connectivity index (χ4n) is 4.81. The summed E-state index contributed by atoms with van der Waals surface area (Å²) in [6.45, 7) is 5.50. The van der Waals surface area contributed by atoms with Crippen LogP contribution in [0.2, 0.25) is 0 Å². The van der Waals surface area contributed by atoms with Gasteiger partial charge in [-0.1, -0.05) is 46.6 Å². The van der Waals surface area contributed by atoms with Gasteiger partial charge in [-0.25, -0.2) is 4.39 Å². The molecule has 1 atom stereocenters. The van der Waals surface area contributed by atoms with E-state index in [2.05, 4.69) is 42.2 Å². The van der Waals surface area contributed by atoms with Gasteiger partial charge in [-0.15, -0.1) is 0 Å². The molecular weight excluding hydrogens is 393 g/mol. The van der Waals surface area contributed by atoms with E-state index in [1.165, 1.54) is 23.3 Å². The van der Waals surface area contributed by atoms with Gasteiger partial charge in [-0.05, 0) is 57.2 Å². The van der Waals surface area contributed by atoms with Crippen LogP contribution >= 0.6 is 0 Å². The van der Waals surface area contributed by atoms with Gasteiger partial charge in [-0.3, -0.25) is 4.79 Å². The second-order valence-corrected chi connectivity index (χ2v) is 9.02. The van der Waals surface area contributed by atoms with Crippen molar-refractivity contribution in [3.63, 3.8) is 0 Å². The van der Waals surface area contributed by atoms with E-state index in [0.29, 0.717) is 23.8 Å². The van der Waals surface area contributed by atoms with E-state index in [-0.39, 0.29) is 23.1 Å². The van der Waals surface area contributed by atoms with Crippen molar-refractivity contribution in [3.8, 4) is 11.4 Å². The van der Waals surface area contributed by atoms with Crippen LogP contribution in [0.25, 0.3) is 11.4 Å². The van der Waals surface area contributed by atoms with E-state index in [4.69, 9.17) is 4.52 Å². The van der Waals surface area contributed by atoms with E-state index in [1.54, 1.807) is 12.1 Å². The normalized spacial score (nSPS) is 20.0. The Kier molecular flexibility index (Phi) is 4.88. The smallest absolute Gasteiger partial charge is 0.233 e. The number of carbonyl (C=O) groups is 1. The molecule has 1 aromatic heterocycles. The molecule has 1 unspecified atom stereocenters. The molecule has 0 bridgehead atoms. The summed E-state index contributed by atoms with van der Waals surface area (Å²) in [5, 5.41) is 4.04. The molecule has 2 aliphatic rings. The number of aromatic nitrogens is 2. The second kappa shape index (κ2) is 7.59. The summed E-state index contributed by atoms with van der Waals surface area (Å²) in [6.07, 6.45) is 3.60. The highest BCUT2D eigenvalue weighted by Crippen LogP contribution is 2.50. The van der Waals surface area contributed by atoms with Crippen LogP contribution in [0, 0.1) is 19.7 Å². The monoisotopic (exact) mass is 419 g/mol. The zero-order valence-corrected chi connectivity index (χ0v) is 17.9. The van der Waals surface area contributed by atoms with E-state index >= 15 is 0 Å². The first-order valence-corrected chi connectivity index (χ1v) is 10.9. The van der Waals surface area contributed by atoms with Crippen molar-refractivity contribution in [2.45, 2.75) is 50.9 Å². The number of amides is 1. The average molecular weight is 420 g/mol. The molecule has 31 heavy (non-hydrogen) atoms. The fraction of sp³-hybridized carbons (Fsp3) is 0.400. The van der Waals surface area contributed by atoms with Crippen molar-refractivity contribution in [1.82, 2.24) is 15.0 Å². The second-order valence-electron chi connectivity index (χ2n) is 9.02. The summed E-state index contributed by atoms with van der Waals surface area (Å²) in [5.74, 6) is 0.786. The van der Waals surface area contributed by atoms with Crippen molar-refractivity contribution in [2.75, 3.05) is 13.1 Å². The van der Waals surface area contributed by atoms with Crippen molar-refractivity contribution >= 4 is 5.91 Å². The largest absolute Gasteiger partial charge is 0.341 e. The first-order chi connectivity index (χ1) is 14.9. The van der Waals surface area contributed by atoms with Gasteiger partial charge in [0.05, 0.1) is 11.3 Å². The zero-order chi connectivity index (χ0) is 21.6. The number of halogens is 1.